The van der Waals surface area contributed by atoms with Crippen LogP contribution in [-0.2, 0) is 6.42 Å². The van der Waals surface area contributed by atoms with E-state index in [-0.39, 0.29) is 0 Å². The minimum atomic E-state index is 0.376. The third-order valence-corrected chi connectivity index (χ3v) is 2.59. The summed E-state index contributed by atoms with van der Waals surface area (Å²) in [4.78, 5) is 0. The Morgan fingerprint density at radius 1 is 1.38 bits per heavy atom. The first-order valence-corrected chi connectivity index (χ1v) is 4.67. The number of hydrogen-bond donors (Lipinski definition) is 1. The molecule has 0 spiro atoms. The molecule has 2 rings (SSSR count). The summed E-state index contributed by atoms with van der Waals surface area (Å²) in [6.45, 7) is 4.34. The highest BCUT2D eigenvalue weighted by molar-refractivity contribution is 5.69. The summed E-state index contributed by atoms with van der Waals surface area (Å²) < 4.78 is 0. The van der Waals surface area contributed by atoms with Gasteiger partial charge < -0.3 is 5.11 Å². The Hall–Kier alpha value is -1.24. The van der Waals surface area contributed by atoms with Gasteiger partial charge in [-0.3, -0.25) is 0 Å². The summed E-state index contributed by atoms with van der Waals surface area (Å²) in [6, 6.07) is 5.64. The van der Waals surface area contributed by atoms with Gasteiger partial charge >= 0.3 is 0 Å². The molecule has 0 saturated carbocycles. The highest BCUT2D eigenvalue weighted by atomic mass is 16.3. The molecular formula is C12H14O. The third kappa shape index (κ3) is 1.46. The maximum Gasteiger partial charge on any atom is 0.115 e. The van der Waals surface area contributed by atoms with E-state index in [0.717, 1.165) is 6.42 Å². The van der Waals surface area contributed by atoms with Gasteiger partial charge in [-0.25, -0.2) is 0 Å². The van der Waals surface area contributed by atoms with E-state index >= 15 is 0 Å². The molecule has 1 N–H and O–H groups in total. The maximum atomic E-state index is 9.34. The van der Waals surface area contributed by atoms with Crippen LogP contribution in [0.3, 0.4) is 0 Å². The normalized spacial score (nSPS) is 20.8. The molecule has 1 aliphatic rings. The van der Waals surface area contributed by atoms with Crippen LogP contribution in [0.1, 0.15) is 25.0 Å². The van der Waals surface area contributed by atoms with Crippen molar-refractivity contribution < 1.29 is 5.11 Å². The molecule has 0 fully saturated rings. The van der Waals surface area contributed by atoms with Crippen LogP contribution >= 0.6 is 0 Å². The minimum Gasteiger partial charge on any atom is -0.508 e. The molecule has 1 aliphatic carbocycles. The molecular weight excluding hydrogens is 160 g/mol. The van der Waals surface area contributed by atoms with Gasteiger partial charge in [-0.05, 0) is 48.1 Å². The second-order valence-electron chi connectivity index (χ2n) is 3.87. The summed E-state index contributed by atoms with van der Waals surface area (Å²) in [5, 5.41) is 9.34. The Kier molecular flexibility index (Phi) is 1.87. The maximum absolute atomic E-state index is 9.34. The zero-order valence-corrected chi connectivity index (χ0v) is 8.04. The molecule has 0 radical (unpaired) electrons. The molecule has 1 atom stereocenters. The Balaban J connectivity index is 2.54. The molecule has 0 heterocycles. The fourth-order valence-electron chi connectivity index (χ4n) is 2.06. The van der Waals surface area contributed by atoms with E-state index in [9.17, 15) is 5.11 Å². The topological polar surface area (TPSA) is 20.2 Å². The highest BCUT2D eigenvalue weighted by Gasteiger charge is 2.13. The predicted octanol–water partition coefficient (Wildman–Crippen LogP) is 2.99. The van der Waals surface area contributed by atoms with Crippen LogP contribution in [0, 0.1) is 5.92 Å². The molecule has 1 nitrogen and oxygen atoms in total. The van der Waals surface area contributed by atoms with Crippen LogP contribution < -0.4 is 0 Å². The molecule has 0 aromatic heterocycles. The molecule has 13 heavy (non-hydrogen) atoms. The number of fused-ring (bicyclic) bond motifs is 1. The van der Waals surface area contributed by atoms with Crippen LogP contribution in [0.25, 0.3) is 5.57 Å². The van der Waals surface area contributed by atoms with Gasteiger partial charge in [-0.2, -0.15) is 0 Å². The molecule has 1 heteroatoms. The molecule has 0 saturated heterocycles. The zero-order valence-electron chi connectivity index (χ0n) is 8.04. The van der Waals surface area contributed by atoms with Gasteiger partial charge in [0.25, 0.3) is 0 Å². The zero-order chi connectivity index (χ0) is 9.42. The average Bonchev–Trinajstić information content (AvgIpc) is 2.02. The van der Waals surface area contributed by atoms with Gasteiger partial charge in [0.2, 0.25) is 0 Å². The summed E-state index contributed by atoms with van der Waals surface area (Å²) >= 11 is 0. The van der Waals surface area contributed by atoms with Crippen molar-refractivity contribution in [2.24, 2.45) is 5.92 Å². The van der Waals surface area contributed by atoms with E-state index in [4.69, 9.17) is 0 Å². The molecule has 68 valence electrons. The van der Waals surface area contributed by atoms with Crippen molar-refractivity contribution in [1.29, 1.82) is 0 Å². The average molecular weight is 174 g/mol. The Bertz CT molecular complexity index is 363. The number of phenols is 1. The van der Waals surface area contributed by atoms with Gasteiger partial charge in [-0.1, -0.05) is 19.1 Å². The Morgan fingerprint density at radius 2 is 2.15 bits per heavy atom. The second-order valence-corrected chi connectivity index (χ2v) is 3.87. The highest BCUT2D eigenvalue weighted by Crippen LogP contribution is 2.30. The molecule has 0 aliphatic heterocycles. The summed E-state index contributed by atoms with van der Waals surface area (Å²) in [5.41, 5.74) is 3.89. The lowest BCUT2D eigenvalue weighted by atomic mass is 9.86. The van der Waals surface area contributed by atoms with E-state index in [1.54, 1.807) is 6.07 Å². The van der Waals surface area contributed by atoms with Crippen LogP contribution in [0.4, 0.5) is 0 Å². The number of phenolic OH excluding ortho intramolecular Hbond substituents is 1. The first kappa shape index (κ1) is 8.36. The summed E-state index contributed by atoms with van der Waals surface area (Å²) in [5.74, 6) is 0.968. The van der Waals surface area contributed by atoms with Crippen LogP contribution in [0.5, 0.6) is 5.75 Å². The quantitative estimate of drug-likeness (QED) is 0.641. The second kappa shape index (κ2) is 2.91. The van der Waals surface area contributed by atoms with Crippen LogP contribution in [0.2, 0.25) is 0 Å². The lowest BCUT2D eigenvalue weighted by molar-refractivity contribution is 0.474. The van der Waals surface area contributed by atoms with Gasteiger partial charge in [0, 0.05) is 0 Å². The Morgan fingerprint density at radius 3 is 2.92 bits per heavy atom. The van der Waals surface area contributed by atoms with Crippen molar-refractivity contribution in [1.82, 2.24) is 0 Å². The molecule has 0 bridgehead atoms. The van der Waals surface area contributed by atoms with Crippen molar-refractivity contribution in [3.8, 4) is 5.75 Å². The summed E-state index contributed by atoms with van der Waals surface area (Å²) in [7, 11) is 0. The molecule has 1 aromatic rings. The van der Waals surface area contributed by atoms with E-state index < -0.39 is 0 Å². The molecule has 0 amide bonds. The molecule has 1 aromatic carbocycles. The van der Waals surface area contributed by atoms with E-state index in [1.165, 1.54) is 16.7 Å². The lowest BCUT2D eigenvalue weighted by Gasteiger charge is -2.19. The van der Waals surface area contributed by atoms with Crippen molar-refractivity contribution in [3.05, 3.63) is 35.4 Å². The SMILES string of the molecule is CC1=C[C@H](C)Cc2cc(O)ccc21. The summed E-state index contributed by atoms with van der Waals surface area (Å²) in [6.07, 6.45) is 3.33. The monoisotopic (exact) mass is 174 g/mol. The van der Waals surface area contributed by atoms with Crippen molar-refractivity contribution in [3.63, 3.8) is 0 Å². The van der Waals surface area contributed by atoms with E-state index in [2.05, 4.69) is 19.9 Å². The Labute approximate surface area is 78.7 Å². The number of hydrogen-bond acceptors (Lipinski definition) is 1. The first-order chi connectivity index (χ1) is 6.16. The van der Waals surface area contributed by atoms with Crippen LogP contribution in [0.15, 0.2) is 24.3 Å². The van der Waals surface area contributed by atoms with Crippen molar-refractivity contribution >= 4 is 5.57 Å². The first-order valence-electron chi connectivity index (χ1n) is 4.67. The fraction of sp³-hybridized carbons (Fsp3) is 0.333. The van der Waals surface area contributed by atoms with Crippen molar-refractivity contribution in [2.75, 3.05) is 0 Å². The largest absolute Gasteiger partial charge is 0.508 e. The lowest BCUT2D eigenvalue weighted by Crippen LogP contribution is -2.05. The number of allylic oxidation sites excluding steroid dienone is 2. The third-order valence-electron chi connectivity index (χ3n) is 2.59. The van der Waals surface area contributed by atoms with Gasteiger partial charge in [0.05, 0.1) is 0 Å². The molecule has 0 unspecified atom stereocenters. The van der Waals surface area contributed by atoms with E-state index in [0.29, 0.717) is 11.7 Å². The van der Waals surface area contributed by atoms with Crippen molar-refractivity contribution in [2.45, 2.75) is 20.3 Å². The minimum absolute atomic E-state index is 0.376. The van der Waals surface area contributed by atoms with Gasteiger partial charge in [0.1, 0.15) is 5.75 Å². The van der Waals surface area contributed by atoms with Gasteiger partial charge in [-0.15, -0.1) is 0 Å². The predicted molar refractivity (Wildman–Crippen MR) is 54.6 cm³/mol. The van der Waals surface area contributed by atoms with E-state index in [1.807, 2.05) is 12.1 Å². The fourth-order valence-corrected chi connectivity index (χ4v) is 2.06. The smallest absolute Gasteiger partial charge is 0.115 e. The number of benzene rings is 1. The van der Waals surface area contributed by atoms with Crippen LogP contribution in [-0.4, -0.2) is 5.11 Å². The standard InChI is InChI=1S/C12H14O/c1-8-5-9(2)12-4-3-11(13)7-10(12)6-8/h3-5,7-8,13H,6H2,1-2H3/t8-/m0/s1. The van der Waals surface area contributed by atoms with Gasteiger partial charge in [0.15, 0.2) is 0 Å². The number of rotatable bonds is 0. The number of aromatic hydroxyl groups is 1.